The first-order valence-electron chi connectivity index (χ1n) is 25.0. The molecule has 20 heteroatoms. The molecule has 0 saturated carbocycles. The Morgan fingerprint density at radius 2 is 1.71 bits per heavy atom. The predicted molar refractivity (Wildman–Crippen MR) is 287 cm³/mol. The van der Waals surface area contributed by atoms with Crippen LogP contribution in [0.25, 0.3) is 32.6 Å². The second kappa shape index (κ2) is 22.8. The maximum absolute atomic E-state index is 14.4. The number of aryl methyl sites for hydroxylation is 1. The highest BCUT2D eigenvalue weighted by atomic mass is 35.5. The van der Waals surface area contributed by atoms with Gasteiger partial charge in [-0.25, -0.2) is 14.6 Å². The highest BCUT2D eigenvalue weighted by Crippen LogP contribution is 2.38. The molecule has 17 nitrogen and oxygen atoms in total. The van der Waals surface area contributed by atoms with Gasteiger partial charge < -0.3 is 35.4 Å². The Kier molecular flexibility index (Phi) is 16.6. The van der Waals surface area contributed by atoms with Crippen LogP contribution in [0.15, 0.2) is 72.6 Å². The molecule has 2 fully saturated rings. The van der Waals surface area contributed by atoms with Crippen molar-refractivity contribution in [3.05, 3.63) is 111 Å². The monoisotopic (exact) mass is 1080 g/mol. The quantitative estimate of drug-likeness (QED) is 0.0711. The number of pyridine rings is 2. The number of fused-ring (bicyclic) bond motifs is 1. The molecule has 0 spiro atoms. The molecule has 4 aromatic heterocycles. The van der Waals surface area contributed by atoms with Crippen molar-refractivity contribution in [1.82, 2.24) is 45.6 Å². The molecule has 6 heterocycles. The van der Waals surface area contributed by atoms with Crippen molar-refractivity contribution in [3.63, 3.8) is 0 Å². The number of ether oxygens (including phenoxy) is 2. The van der Waals surface area contributed by atoms with E-state index in [0.29, 0.717) is 44.6 Å². The molecule has 2 aliphatic rings. The molecule has 0 bridgehead atoms. The van der Waals surface area contributed by atoms with E-state index in [-0.39, 0.29) is 43.4 Å². The third kappa shape index (κ3) is 12.5. The van der Waals surface area contributed by atoms with Crippen LogP contribution in [0.3, 0.4) is 0 Å². The van der Waals surface area contributed by atoms with Crippen LogP contribution < -0.4 is 20.7 Å². The van der Waals surface area contributed by atoms with Crippen molar-refractivity contribution < 1.29 is 33.8 Å². The topological polar surface area (TPSA) is 227 Å². The molecule has 2 aliphatic heterocycles. The minimum atomic E-state index is -1.05. The number of carbonyl (C=O) groups excluding carboxylic acids is 4. The predicted octanol–water partition coefficient (Wildman–Crippen LogP) is 9.46. The number of nitrogens with zero attached hydrogens (tertiary/aromatic N) is 7. The summed E-state index contributed by atoms with van der Waals surface area (Å²) in [5.41, 5.74) is 5.28. The number of carbonyl (C=O) groups is 4. The number of hydrogen-bond acceptors (Lipinski definition) is 13. The molecule has 4 amide bonds. The lowest BCUT2D eigenvalue weighted by Gasteiger charge is -2.36. The molecule has 4 N–H and O–H groups in total. The number of benzene rings is 2. The number of nitriles is 1. The number of aliphatic hydroxyl groups is 1. The van der Waals surface area contributed by atoms with E-state index in [1.54, 1.807) is 36.8 Å². The molecule has 75 heavy (non-hydrogen) atoms. The van der Waals surface area contributed by atoms with Crippen LogP contribution in [0.4, 0.5) is 0 Å². The zero-order chi connectivity index (χ0) is 53.9. The van der Waals surface area contributed by atoms with Crippen LogP contribution >= 0.6 is 34.5 Å². The van der Waals surface area contributed by atoms with Gasteiger partial charge in [-0.1, -0.05) is 82.1 Å². The number of aliphatic hydroxyl groups excluding tert-OH is 1. The largest absolute Gasteiger partial charge is 0.486 e. The SMILES string of the molecule is Cc1ncsc1-c1ccc([C@H](C)NC(=O)[C@@H]2C[C@@H](O)CN2C(=O)[C@@H](NC(=O)CC(C)(C)CNC(=O)c2ncc(-c3nn(C4CCCCO4)c4ccc(O[C@H](C)c5c(Cl)cncc5Cl)cc34)cc2C#N)C(C)(C)C)cc1. The number of likely N-dealkylation sites (tertiary alicyclic amines) is 1. The number of hydrogen-bond donors (Lipinski definition) is 4. The molecule has 2 saturated heterocycles. The van der Waals surface area contributed by atoms with Crippen molar-refractivity contribution in [3.8, 4) is 33.5 Å². The van der Waals surface area contributed by atoms with E-state index in [0.717, 1.165) is 46.5 Å². The molecule has 8 rings (SSSR count). The number of rotatable bonds is 16. The van der Waals surface area contributed by atoms with Crippen molar-refractivity contribution in [2.75, 3.05) is 19.7 Å². The molecule has 0 radical (unpaired) electrons. The van der Waals surface area contributed by atoms with E-state index in [4.69, 9.17) is 37.8 Å². The highest BCUT2D eigenvalue weighted by molar-refractivity contribution is 7.13. The van der Waals surface area contributed by atoms with Gasteiger partial charge in [-0.2, -0.15) is 10.4 Å². The fraction of sp³-hybridized carbons (Fsp3) is 0.436. The molecule has 2 aromatic carbocycles. The van der Waals surface area contributed by atoms with Crippen LogP contribution in [-0.2, 0) is 19.1 Å². The summed E-state index contributed by atoms with van der Waals surface area (Å²) in [6, 6.07) is 14.7. The summed E-state index contributed by atoms with van der Waals surface area (Å²) in [7, 11) is 0. The van der Waals surface area contributed by atoms with E-state index < -0.39 is 64.8 Å². The van der Waals surface area contributed by atoms with Gasteiger partial charge in [-0.05, 0) is 86.3 Å². The molecule has 394 valence electrons. The van der Waals surface area contributed by atoms with Gasteiger partial charge in [0.2, 0.25) is 17.7 Å². The molecule has 6 aromatic rings. The zero-order valence-corrected chi connectivity index (χ0v) is 45.6. The van der Waals surface area contributed by atoms with Gasteiger partial charge in [0.05, 0.1) is 49.4 Å². The second-order valence-corrected chi connectivity index (χ2v) is 22.9. The Labute approximate surface area is 450 Å². The Bertz CT molecular complexity index is 3120. The van der Waals surface area contributed by atoms with Crippen molar-refractivity contribution in [2.24, 2.45) is 10.8 Å². The number of halogens is 2. The minimum Gasteiger partial charge on any atom is -0.486 e. The number of amides is 4. The summed E-state index contributed by atoms with van der Waals surface area (Å²) in [5, 5.41) is 36.4. The Morgan fingerprint density at radius 3 is 2.36 bits per heavy atom. The van der Waals surface area contributed by atoms with Crippen molar-refractivity contribution in [1.29, 1.82) is 5.26 Å². The van der Waals surface area contributed by atoms with E-state index in [1.165, 1.54) is 23.5 Å². The lowest BCUT2D eigenvalue weighted by atomic mass is 9.84. The van der Waals surface area contributed by atoms with Gasteiger partial charge in [0.1, 0.15) is 41.4 Å². The fourth-order valence-electron chi connectivity index (χ4n) is 9.60. The van der Waals surface area contributed by atoms with Crippen LogP contribution in [-0.4, -0.2) is 96.3 Å². The Balaban J connectivity index is 0.924. The summed E-state index contributed by atoms with van der Waals surface area (Å²) in [6.07, 6.45) is 5.35. The van der Waals surface area contributed by atoms with Crippen LogP contribution in [0.5, 0.6) is 5.75 Å². The standard InChI is InChI=1S/C55H62Cl2N10O7S/c1-30(33-12-14-34(15-13-33)49-31(2)62-29-75-49)63-51(70)43-20-37(68)27-66(43)53(72)50(54(4,5)6)64-44(69)22-55(7,8)28-61-52(71)48-35(23-58)19-36(24-60-48)47-39-21-38(74-32(3)46-40(56)25-59-26-41(46)57)16-17-42(39)67(65-47)45-11-9-10-18-73-45/h12-17,19,21,24-26,29-30,32,37,43,45,50,68H,9-11,18,20,22,27-28H2,1-8H3,(H,61,71)(H,63,70)(H,64,69)/t30-,32+,37+,43-,45?,50+/m0/s1. The zero-order valence-electron chi connectivity index (χ0n) is 43.2. The fourth-order valence-corrected chi connectivity index (χ4v) is 11.1. The smallest absolute Gasteiger partial charge is 0.271 e. The van der Waals surface area contributed by atoms with Crippen LogP contribution in [0.1, 0.15) is 132 Å². The summed E-state index contributed by atoms with van der Waals surface area (Å²) >= 11 is 14.5. The van der Waals surface area contributed by atoms with Crippen LogP contribution in [0, 0.1) is 29.1 Å². The van der Waals surface area contributed by atoms with Crippen LogP contribution in [0.2, 0.25) is 10.0 Å². The summed E-state index contributed by atoms with van der Waals surface area (Å²) in [4.78, 5) is 71.2. The number of nitrogens with one attached hydrogen (secondary N) is 3. The summed E-state index contributed by atoms with van der Waals surface area (Å²) in [5.74, 6) is -1.46. The van der Waals surface area contributed by atoms with Gasteiger partial charge in [0.15, 0.2) is 6.23 Å². The van der Waals surface area contributed by atoms with Crippen molar-refractivity contribution in [2.45, 2.75) is 124 Å². The first-order valence-corrected chi connectivity index (χ1v) is 26.6. The van der Waals surface area contributed by atoms with Gasteiger partial charge in [-0.15, -0.1) is 11.3 Å². The molecule has 1 unspecified atom stereocenters. The van der Waals surface area contributed by atoms with Crippen molar-refractivity contribution >= 4 is 69.1 Å². The lowest BCUT2D eigenvalue weighted by molar-refractivity contribution is -0.144. The highest BCUT2D eigenvalue weighted by Gasteiger charge is 2.45. The average molecular weight is 1080 g/mol. The summed E-state index contributed by atoms with van der Waals surface area (Å²) in [6.45, 7) is 15.2. The van der Waals surface area contributed by atoms with E-state index in [9.17, 15) is 29.5 Å². The third-order valence-electron chi connectivity index (χ3n) is 13.6. The molecular formula is C55H62Cl2N10O7S. The lowest BCUT2D eigenvalue weighted by Crippen LogP contribution is -2.58. The Hall–Kier alpha value is -6.49. The minimum absolute atomic E-state index is 0.0108. The first kappa shape index (κ1) is 54.8. The number of aromatic nitrogens is 5. The average Bonchev–Trinajstić information content (AvgIpc) is 4.10. The second-order valence-electron chi connectivity index (χ2n) is 21.2. The normalized spacial score (nSPS) is 18.2. The molecule has 6 atom stereocenters. The number of thiazole rings is 1. The van der Waals surface area contributed by atoms with Gasteiger partial charge in [0.25, 0.3) is 5.91 Å². The third-order valence-corrected chi connectivity index (χ3v) is 15.2. The van der Waals surface area contributed by atoms with Gasteiger partial charge in [0, 0.05) is 67.6 Å². The van der Waals surface area contributed by atoms with E-state index in [2.05, 4.69) is 37.0 Å². The van der Waals surface area contributed by atoms with Gasteiger partial charge >= 0.3 is 0 Å². The Morgan fingerprint density at radius 1 is 0.973 bits per heavy atom. The summed E-state index contributed by atoms with van der Waals surface area (Å²) < 4.78 is 14.3. The molecular weight excluding hydrogens is 1020 g/mol. The molecule has 0 aliphatic carbocycles. The van der Waals surface area contributed by atoms with E-state index >= 15 is 0 Å². The maximum atomic E-state index is 14.4. The first-order chi connectivity index (χ1) is 35.6. The maximum Gasteiger partial charge on any atom is 0.271 e. The van der Waals surface area contributed by atoms with E-state index in [1.807, 2.05) is 88.7 Å². The van der Waals surface area contributed by atoms with Gasteiger partial charge in [-0.3, -0.25) is 24.2 Å². The number of β-amino-alcohol motifs (C(OH)–C–C–N with tert-alkyl or cyclic N) is 1.